The first-order valence-electron chi connectivity index (χ1n) is 6.16. The maximum Gasteiger partial charge on any atom is 0.492 e. The lowest BCUT2D eigenvalue weighted by Gasteiger charge is -2.38. The number of hydrogen-bond donors (Lipinski definition) is 3. The Bertz CT molecular complexity index is 446. The molecule has 106 valence electrons. The van der Waals surface area contributed by atoms with Gasteiger partial charge in [0.2, 0.25) is 0 Å². The van der Waals surface area contributed by atoms with E-state index in [4.69, 9.17) is 22.0 Å². The SMILES string of the molecule is CC(C)(O)C(C)(C)OB(O)c1cccc(Cl)c1CN. The first-order chi connectivity index (χ1) is 8.60. The van der Waals surface area contributed by atoms with Crippen LogP contribution in [-0.4, -0.2) is 28.5 Å². The molecule has 1 aromatic carbocycles. The van der Waals surface area contributed by atoms with E-state index in [0.717, 1.165) is 0 Å². The van der Waals surface area contributed by atoms with Gasteiger partial charge in [0.25, 0.3) is 0 Å². The maximum absolute atomic E-state index is 10.2. The molecule has 0 saturated heterocycles. The lowest BCUT2D eigenvalue weighted by atomic mass is 9.74. The zero-order chi connectivity index (χ0) is 14.8. The molecule has 0 aliphatic rings. The Hall–Kier alpha value is -0.585. The van der Waals surface area contributed by atoms with Crippen LogP contribution in [0.25, 0.3) is 0 Å². The minimum absolute atomic E-state index is 0.207. The van der Waals surface area contributed by atoms with Crippen LogP contribution in [0, 0.1) is 0 Å². The fourth-order valence-electron chi connectivity index (χ4n) is 1.51. The lowest BCUT2D eigenvalue weighted by molar-refractivity contribution is -0.0982. The van der Waals surface area contributed by atoms with E-state index in [1.807, 2.05) is 0 Å². The van der Waals surface area contributed by atoms with Gasteiger partial charge >= 0.3 is 7.12 Å². The zero-order valence-corrected chi connectivity index (χ0v) is 12.5. The van der Waals surface area contributed by atoms with Crippen molar-refractivity contribution in [3.05, 3.63) is 28.8 Å². The van der Waals surface area contributed by atoms with Gasteiger partial charge in [0.15, 0.2) is 0 Å². The summed E-state index contributed by atoms with van der Waals surface area (Å²) < 4.78 is 5.58. The second-order valence-electron chi connectivity index (χ2n) is 5.55. The molecule has 19 heavy (non-hydrogen) atoms. The van der Waals surface area contributed by atoms with Gasteiger partial charge in [-0.2, -0.15) is 0 Å². The van der Waals surface area contributed by atoms with Gasteiger partial charge in [0.1, 0.15) is 0 Å². The minimum Gasteiger partial charge on any atom is -0.423 e. The number of benzene rings is 1. The summed E-state index contributed by atoms with van der Waals surface area (Å²) in [5, 5.41) is 20.7. The molecule has 0 saturated carbocycles. The van der Waals surface area contributed by atoms with E-state index < -0.39 is 18.3 Å². The molecule has 0 radical (unpaired) electrons. The van der Waals surface area contributed by atoms with Gasteiger partial charge in [-0.3, -0.25) is 0 Å². The van der Waals surface area contributed by atoms with Gasteiger partial charge < -0.3 is 20.5 Å². The van der Waals surface area contributed by atoms with Crippen molar-refractivity contribution >= 4 is 24.2 Å². The van der Waals surface area contributed by atoms with Crippen molar-refractivity contribution in [2.75, 3.05) is 0 Å². The molecule has 6 heteroatoms. The van der Waals surface area contributed by atoms with Crippen LogP contribution in [0.2, 0.25) is 5.02 Å². The standard InChI is InChI=1S/C13H21BClNO3/c1-12(2,17)13(3,4)19-14(18)10-6-5-7-11(15)9(10)8-16/h5-7,17-18H,8,16H2,1-4H3. The second kappa shape index (κ2) is 5.81. The quantitative estimate of drug-likeness (QED) is 0.707. The highest BCUT2D eigenvalue weighted by molar-refractivity contribution is 6.61. The molecule has 0 heterocycles. The Morgan fingerprint density at radius 1 is 1.32 bits per heavy atom. The average molecular weight is 286 g/mol. The summed E-state index contributed by atoms with van der Waals surface area (Å²) in [4.78, 5) is 0. The maximum atomic E-state index is 10.2. The molecule has 0 fully saturated rings. The molecule has 0 aliphatic carbocycles. The van der Waals surface area contributed by atoms with Gasteiger partial charge in [-0.15, -0.1) is 0 Å². The van der Waals surface area contributed by atoms with E-state index in [2.05, 4.69) is 0 Å². The van der Waals surface area contributed by atoms with Crippen molar-refractivity contribution < 1.29 is 14.8 Å². The summed E-state index contributed by atoms with van der Waals surface area (Å²) in [5.74, 6) is 0. The van der Waals surface area contributed by atoms with Crippen molar-refractivity contribution in [3.8, 4) is 0 Å². The van der Waals surface area contributed by atoms with Crippen LogP contribution in [0.15, 0.2) is 18.2 Å². The van der Waals surface area contributed by atoms with Crippen molar-refractivity contribution in [1.29, 1.82) is 0 Å². The molecule has 0 amide bonds. The van der Waals surface area contributed by atoms with Crippen molar-refractivity contribution in [2.45, 2.75) is 45.4 Å². The van der Waals surface area contributed by atoms with E-state index in [-0.39, 0.29) is 6.54 Å². The summed E-state index contributed by atoms with van der Waals surface area (Å²) in [7, 11) is -1.20. The van der Waals surface area contributed by atoms with Gasteiger partial charge in [-0.1, -0.05) is 23.7 Å². The fourth-order valence-corrected chi connectivity index (χ4v) is 1.77. The number of nitrogens with two attached hydrogens (primary N) is 1. The smallest absolute Gasteiger partial charge is 0.423 e. The first kappa shape index (κ1) is 16.5. The largest absolute Gasteiger partial charge is 0.492 e. The first-order valence-corrected chi connectivity index (χ1v) is 6.53. The number of rotatable bonds is 5. The van der Waals surface area contributed by atoms with Gasteiger partial charge in [0.05, 0.1) is 11.2 Å². The molecule has 0 bridgehead atoms. The summed E-state index contributed by atoms with van der Waals surface area (Å²) in [6.45, 7) is 6.88. The molecule has 4 N–H and O–H groups in total. The topological polar surface area (TPSA) is 75.7 Å². The van der Waals surface area contributed by atoms with Crippen molar-refractivity contribution in [3.63, 3.8) is 0 Å². The van der Waals surface area contributed by atoms with E-state index in [1.165, 1.54) is 0 Å². The van der Waals surface area contributed by atoms with Crippen molar-refractivity contribution in [1.82, 2.24) is 0 Å². The Balaban J connectivity index is 3.03. The highest BCUT2D eigenvalue weighted by Crippen LogP contribution is 2.25. The van der Waals surface area contributed by atoms with Crippen LogP contribution in [0.5, 0.6) is 0 Å². The Morgan fingerprint density at radius 3 is 2.37 bits per heavy atom. The summed E-state index contributed by atoms with van der Waals surface area (Å²) >= 11 is 6.04. The summed E-state index contributed by atoms with van der Waals surface area (Å²) in [5.41, 5.74) is 4.77. The van der Waals surface area contributed by atoms with Crippen LogP contribution in [0.3, 0.4) is 0 Å². The lowest BCUT2D eigenvalue weighted by Crippen LogP contribution is -2.53. The van der Waals surface area contributed by atoms with Gasteiger partial charge in [0, 0.05) is 11.6 Å². The predicted molar refractivity (Wildman–Crippen MR) is 78.4 cm³/mol. The molecule has 4 nitrogen and oxygen atoms in total. The average Bonchev–Trinajstić information content (AvgIpc) is 2.26. The summed E-state index contributed by atoms with van der Waals surface area (Å²) in [6, 6.07) is 5.14. The highest BCUT2D eigenvalue weighted by Gasteiger charge is 2.40. The Labute approximate surface area is 119 Å². The normalized spacial score (nSPS) is 12.6. The monoisotopic (exact) mass is 285 g/mol. The Kier molecular flexibility index (Phi) is 5.04. The third-order valence-electron chi connectivity index (χ3n) is 3.50. The second-order valence-corrected chi connectivity index (χ2v) is 5.96. The molecular weight excluding hydrogens is 264 g/mol. The van der Waals surface area contributed by atoms with Crippen molar-refractivity contribution in [2.24, 2.45) is 5.73 Å². The molecule has 0 aromatic heterocycles. The number of hydrogen-bond acceptors (Lipinski definition) is 4. The highest BCUT2D eigenvalue weighted by atomic mass is 35.5. The predicted octanol–water partition coefficient (Wildman–Crippen LogP) is 1.05. The van der Waals surface area contributed by atoms with Crippen LogP contribution >= 0.6 is 11.6 Å². The molecule has 1 aromatic rings. The molecule has 0 aliphatic heterocycles. The third kappa shape index (κ3) is 3.71. The summed E-state index contributed by atoms with van der Waals surface area (Å²) in [6.07, 6.45) is 0. The van der Waals surface area contributed by atoms with Gasteiger partial charge in [-0.05, 0) is 44.8 Å². The van der Waals surface area contributed by atoms with Crippen LogP contribution in [0.4, 0.5) is 0 Å². The van der Waals surface area contributed by atoms with Crippen LogP contribution in [-0.2, 0) is 11.2 Å². The molecule has 0 unspecified atom stereocenters. The van der Waals surface area contributed by atoms with Gasteiger partial charge in [-0.25, -0.2) is 0 Å². The number of aliphatic hydroxyl groups is 1. The van der Waals surface area contributed by atoms with Crippen LogP contribution in [0.1, 0.15) is 33.3 Å². The van der Waals surface area contributed by atoms with E-state index >= 15 is 0 Å². The zero-order valence-electron chi connectivity index (χ0n) is 11.8. The molecular formula is C13H21BClNO3. The molecule has 0 atom stereocenters. The molecule has 0 spiro atoms. The van der Waals surface area contributed by atoms with E-state index in [1.54, 1.807) is 45.9 Å². The van der Waals surface area contributed by atoms with E-state index in [9.17, 15) is 10.1 Å². The third-order valence-corrected chi connectivity index (χ3v) is 3.86. The minimum atomic E-state index is -1.20. The van der Waals surface area contributed by atoms with Crippen LogP contribution < -0.4 is 11.2 Å². The molecule has 1 rings (SSSR count). The van der Waals surface area contributed by atoms with E-state index in [0.29, 0.717) is 16.0 Å². The Morgan fingerprint density at radius 2 is 1.89 bits per heavy atom. The number of halogens is 1. The fraction of sp³-hybridized carbons (Fsp3) is 0.538.